The van der Waals surface area contributed by atoms with Crippen LogP contribution < -0.4 is 14.8 Å². The molecule has 1 aromatic heterocycles. The number of nitrogens with one attached hydrogen (secondary N) is 1. The molecular weight excluding hydrogens is 402 g/mol. The third kappa shape index (κ3) is 4.98. The minimum Gasteiger partial charge on any atom is -0.497 e. The first-order valence-electron chi connectivity index (χ1n) is 10.3. The van der Waals surface area contributed by atoms with Crippen LogP contribution in [0.2, 0.25) is 0 Å². The molecule has 0 bridgehead atoms. The van der Waals surface area contributed by atoms with Crippen molar-refractivity contribution in [3.63, 3.8) is 0 Å². The predicted molar refractivity (Wildman–Crippen MR) is 123 cm³/mol. The third-order valence-corrected chi connectivity index (χ3v) is 5.26. The summed E-state index contributed by atoms with van der Waals surface area (Å²) in [5.41, 5.74) is 2.53. The zero-order valence-corrected chi connectivity index (χ0v) is 18.1. The second-order valence-corrected chi connectivity index (χ2v) is 7.36. The Bertz CT molecular complexity index is 1150. The first kappa shape index (κ1) is 21.2. The Morgan fingerprint density at radius 3 is 2.22 bits per heavy atom. The molecule has 1 atom stereocenters. The molecule has 0 aliphatic rings. The number of carbonyl (C=O) groups excluding carboxylic acids is 1. The predicted octanol–water partition coefficient (Wildman–Crippen LogP) is 4.53. The van der Waals surface area contributed by atoms with Gasteiger partial charge in [0.1, 0.15) is 23.9 Å². The van der Waals surface area contributed by atoms with E-state index in [1.54, 1.807) is 37.6 Å². The van der Waals surface area contributed by atoms with E-state index in [1.165, 1.54) is 0 Å². The number of imidazole rings is 1. The van der Waals surface area contributed by atoms with E-state index in [9.17, 15) is 4.79 Å². The average molecular weight is 428 g/mol. The number of rotatable bonds is 8. The van der Waals surface area contributed by atoms with Crippen molar-refractivity contribution in [1.29, 1.82) is 0 Å². The van der Waals surface area contributed by atoms with Gasteiger partial charge in [-0.3, -0.25) is 4.79 Å². The molecule has 0 spiro atoms. The smallest absolute Gasteiger partial charge is 0.252 e. The number of benzene rings is 3. The van der Waals surface area contributed by atoms with E-state index in [4.69, 9.17) is 9.47 Å². The fourth-order valence-corrected chi connectivity index (χ4v) is 3.40. The lowest BCUT2D eigenvalue weighted by atomic mass is 9.98. The molecule has 0 unspecified atom stereocenters. The molecule has 6 nitrogen and oxygen atoms in total. The van der Waals surface area contributed by atoms with Gasteiger partial charge >= 0.3 is 0 Å². The highest BCUT2D eigenvalue weighted by molar-refractivity contribution is 5.94. The number of hydrogen-bond acceptors (Lipinski definition) is 4. The van der Waals surface area contributed by atoms with Crippen LogP contribution in [0.3, 0.4) is 0 Å². The molecule has 0 aliphatic carbocycles. The average Bonchev–Trinajstić information content (AvgIpc) is 3.26. The number of methoxy groups -OCH3 is 1. The number of nitrogens with zero attached hydrogens (tertiary/aromatic N) is 2. The van der Waals surface area contributed by atoms with Crippen molar-refractivity contribution in [1.82, 2.24) is 14.9 Å². The molecule has 0 saturated heterocycles. The Balaban J connectivity index is 1.48. The van der Waals surface area contributed by atoms with Crippen LogP contribution in [0.4, 0.5) is 0 Å². The molecule has 1 amide bonds. The number of amides is 1. The quantitative estimate of drug-likeness (QED) is 0.449. The van der Waals surface area contributed by atoms with E-state index in [0.29, 0.717) is 17.9 Å². The van der Waals surface area contributed by atoms with E-state index in [1.807, 2.05) is 72.4 Å². The van der Waals surface area contributed by atoms with E-state index in [-0.39, 0.29) is 11.9 Å². The summed E-state index contributed by atoms with van der Waals surface area (Å²) in [5.74, 6) is 2.12. The van der Waals surface area contributed by atoms with Crippen molar-refractivity contribution in [2.45, 2.75) is 12.6 Å². The van der Waals surface area contributed by atoms with Crippen LogP contribution >= 0.6 is 0 Å². The molecule has 4 rings (SSSR count). The number of aryl methyl sites for hydroxylation is 1. The Labute approximate surface area is 187 Å². The standard InChI is InChI=1S/C26H25N3O3/c1-29-17-16-27-24(29)18-32-23-14-10-21(11-15-23)26(30)28-25(19-6-4-3-5-7-19)20-8-12-22(31-2)13-9-20/h3-17,25H,18H2,1-2H3,(H,28,30)/t25-/m1/s1. The topological polar surface area (TPSA) is 65.4 Å². The van der Waals surface area contributed by atoms with Gasteiger partial charge in [0.15, 0.2) is 0 Å². The van der Waals surface area contributed by atoms with Crippen LogP contribution in [-0.4, -0.2) is 22.6 Å². The lowest BCUT2D eigenvalue weighted by molar-refractivity contribution is 0.0943. The lowest BCUT2D eigenvalue weighted by Crippen LogP contribution is -2.29. The fourth-order valence-electron chi connectivity index (χ4n) is 3.40. The summed E-state index contributed by atoms with van der Waals surface area (Å²) in [6.07, 6.45) is 3.61. The molecule has 0 aliphatic heterocycles. The molecule has 6 heteroatoms. The van der Waals surface area contributed by atoms with Crippen LogP contribution in [0.5, 0.6) is 11.5 Å². The molecule has 3 aromatic carbocycles. The molecule has 0 saturated carbocycles. The molecular formula is C26H25N3O3. The lowest BCUT2D eigenvalue weighted by Gasteiger charge is -2.20. The number of hydrogen-bond donors (Lipinski definition) is 1. The zero-order chi connectivity index (χ0) is 22.3. The highest BCUT2D eigenvalue weighted by atomic mass is 16.5. The van der Waals surface area contributed by atoms with Gasteiger partial charge in [-0.2, -0.15) is 0 Å². The normalized spacial score (nSPS) is 11.6. The monoisotopic (exact) mass is 427 g/mol. The van der Waals surface area contributed by atoms with Gasteiger partial charge in [0.25, 0.3) is 5.91 Å². The molecule has 1 heterocycles. The van der Waals surface area contributed by atoms with Crippen molar-refractivity contribution < 1.29 is 14.3 Å². The van der Waals surface area contributed by atoms with Crippen molar-refractivity contribution in [2.24, 2.45) is 7.05 Å². The van der Waals surface area contributed by atoms with E-state index in [0.717, 1.165) is 22.7 Å². The summed E-state index contributed by atoms with van der Waals surface area (Å²) in [5, 5.41) is 3.15. The van der Waals surface area contributed by atoms with E-state index < -0.39 is 0 Å². The Morgan fingerprint density at radius 1 is 0.938 bits per heavy atom. The maximum atomic E-state index is 13.0. The maximum Gasteiger partial charge on any atom is 0.252 e. The van der Waals surface area contributed by atoms with Crippen LogP contribution in [0.1, 0.15) is 33.4 Å². The van der Waals surface area contributed by atoms with Gasteiger partial charge < -0.3 is 19.4 Å². The van der Waals surface area contributed by atoms with Gasteiger partial charge in [-0.1, -0.05) is 42.5 Å². The second-order valence-electron chi connectivity index (χ2n) is 7.36. The summed E-state index contributed by atoms with van der Waals surface area (Å²) in [6, 6.07) is 24.4. The van der Waals surface area contributed by atoms with Gasteiger partial charge in [-0.25, -0.2) is 4.98 Å². The van der Waals surface area contributed by atoms with Gasteiger partial charge in [0.05, 0.1) is 13.2 Å². The molecule has 162 valence electrons. The Hall–Kier alpha value is -4.06. The molecule has 0 fully saturated rings. The van der Waals surface area contributed by atoms with E-state index in [2.05, 4.69) is 10.3 Å². The minimum atomic E-state index is -0.283. The van der Waals surface area contributed by atoms with Crippen LogP contribution in [0.25, 0.3) is 0 Å². The fraction of sp³-hybridized carbons (Fsp3) is 0.154. The Morgan fingerprint density at radius 2 is 1.59 bits per heavy atom. The number of ether oxygens (including phenoxy) is 2. The Kier molecular flexibility index (Phi) is 6.51. The van der Waals surface area contributed by atoms with Crippen molar-refractivity contribution >= 4 is 5.91 Å². The van der Waals surface area contributed by atoms with Crippen LogP contribution in [-0.2, 0) is 13.7 Å². The number of aromatic nitrogens is 2. The first-order valence-corrected chi connectivity index (χ1v) is 10.3. The summed E-state index contributed by atoms with van der Waals surface area (Å²) >= 11 is 0. The molecule has 32 heavy (non-hydrogen) atoms. The zero-order valence-electron chi connectivity index (χ0n) is 18.1. The minimum absolute atomic E-state index is 0.162. The summed E-state index contributed by atoms with van der Waals surface area (Å²) in [4.78, 5) is 17.3. The SMILES string of the molecule is COc1ccc([C@H](NC(=O)c2ccc(OCc3nccn3C)cc2)c2ccccc2)cc1. The third-order valence-electron chi connectivity index (χ3n) is 5.26. The van der Waals surface area contributed by atoms with Crippen molar-refractivity contribution in [3.8, 4) is 11.5 Å². The van der Waals surface area contributed by atoms with Gasteiger partial charge in [-0.15, -0.1) is 0 Å². The number of carbonyl (C=O) groups is 1. The van der Waals surface area contributed by atoms with E-state index >= 15 is 0 Å². The van der Waals surface area contributed by atoms with Gasteiger partial charge in [-0.05, 0) is 47.5 Å². The van der Waals surface area contributed by atoms with Gasteiger partial charge in [0, 0.05) is 25.0 Å². The first-order chi connectivity index (χ1) is 15.6. The molecule has 0 radical (unpaired) electrons. The second kappa shape index (κ2) is 9.83. The maximum absolute atomic E-state index is 13.0. The highest BCUT2D eigenvalue weighted by Crippen LogP contribution is 2.25. The largest absolute Gasteiger partial charge is 0.497 e. The summed E-state index contributed by atoms with van der Waals surface area (Å²) < 4.78 is 12.9. The molecule has 1 N–H and O–H groups in total. The van der Waals surface area contributed by atoms with Crippen LogP contribution in [0, 0.1) is 0 Å². The van der Waals surface area contributed by atoms with Gasteiger partial charge in [0.2, 0.25) is 0 Å². The summed E-state index contributed by atoms with van der Waals surface area (Å²) in [7, 11) is 3.56. The van der Waals surface area contributed by atoms with Crippen molar-refractivity contribution in [3.05, 3.63) is 114 Å². The highest BCUT2D eigenvalue weighted by Gasteiger charge is 2.18. The summed E-state index contributed by atoms with van der Waals surface area (Å²) in [6.45, 7) is 0.364. The van der Waals surface area contributed by atoms with Crippen molar-refractivity contribution in [2.75, 3.05) is 7.11 Å². The van der Waals surface area contributed by atoms with Crippen LogP contribution in [0.15, 0.2) is 91.3 Å². The molecule has 4 aromatic rings.